The number of aromatic nitrogens is 1. The van der Waals surface area contributed by atoms with Crippen LogP contribution in [-0.2, 0) is 4.79 Å². The zero-order valence-corrected chi connectivity index (χ0v) is 20.1. The van der Waals surface area contributed by atoms with Crippen molar-refractivity contribution in [1.29, 1.82) is 0 Å². The molecule has 1 aliphatic rings. The lowest BCUT2D eigenvalue weighted by Gasteiger charge is -2.39. The van der Waals surface area contributed by atoms with E-state index < -0.39 is 0 Å². The minimum Gasteiger partial charge on any atom is -0.378 e. The Hall–Kier alpha value is -4.15. The van der Waals surface area contributed by atoms with E-state index in [0.717, 1.165) is 40.0 Å². The molecular formula is C28H29N5O2. The van der Waals surface area contributed by atoms with Gasteiger partial charge in [-0.05, 0) is 66.9 Å². The standard InChI is InChI=1S/C28H29N5O2/c1-18-15-26(32-23-10-6-20(7-11-23)5-4-14-29)24-16-21(9-13-27(24)33(18)19(2)34)22-8-12-25(31-17-22)28(35)30-3/h6-13,16-18,26,32H,14-15,29H2,1-3H3,(H,30,35). The predicted molar refractivity (Wildman–Crippen MR) is 139 cm³/mol. The highest BCUT2D eigenvalue weighted by atomic mass is 16.2. The van der Waals surface area contributed by atoms with Gasteiger partial charge in [-0.15, -0.1) is 0 Å². The van der Waals surface area contributed by atoms with Crippen LogP contribution in [0.2, 0.25) is 0 Å². The fraction of sp³-hybridized carbons (Fsp3) is 0.250. The second kappa shape index (κ2) is 10.4. The quantitative estimate of drug-likeness (QED) is 0.508. The molecule has 0 radical (unpaired) electrons. The third-order valence-electron chi connectivity index (χ3n) is 6.14. The Morgan fingerprint density at radius 1 is 1.11 bits per heavy atom. The molecule has 1 aliphatic heterocycles. The molecule has 2 unspecified atom stereocenters. The summed E-state index contributed by atoms with van der Waals surface area (Å²) in [5.74, 6) is 5.70. The van der Waals surface area contributed by atoms with Gasteiger partial charge >= 0.3 is 0 Å². The van der Waals surface area contributed by atoms with Gasteiger partial charge in [-0.3, -0.25) is 14.6 Å². The van der Waals surface area contributed by atoms with E-state index in [2.05, 4.69) is 40.4 Å². The van der Waals surface area contributed by atoms with E-state index in [1.807, 2.05) is 47.4 Å². The van der Waals surface area contributed by atoms with Crippen molar-refractivity contribution in [2.45, 2.75) is 32.4 Å². The van der Waals surface area contributed by atoms with Crippen LogP contribution in [0.4, 0.5) is 11.4 Å². The molecule has 0 bridgehead atoms. The molecular weight excluding hydrogens is 438 g/mol. The van der Waals surface area contributed by atoms with Crippen molar-refractivity contribution in [3.63, 3.8) is 0 Å². The molecule has 2 heterocycles. The van der Waals surface area contributed by atoms with Crippen molar-refractivity contribution in [3.05, 3.63) is 77.6 Å². The number of hydrogen-bond acceptors (Lipinski definition) is 5. The summed E-state index contributed by atoms with van der Waals surface area (Å²) in [6.45, 7) is 4.00. The minimum atomic E-state index is -0.225. The molecule has 0 aliphatic carbocycles. The number of carbonyl (C=O) groups is 2. The van der Waals surface area contributed by atoms with Gasteiger partial charge in [0.2, 0.25) is 5.91 Å². The maximum absolute atomic E-state index is 12.5. The number of rotatable bonds is 4. The average Bonchev–Trinajstić information content (AvgIpc) is 2.87. The van der Waals surface area contributed by atoms with E-state index in [-0.39, 0.29) is 23.9 Å². The van der Waals surface area contributed by atoms with Crippen molar-refractivity contribution in [2.75, 3.05) is 23.8 Å². The summed E-state index contributed by atoms with van der Waals surface area (Å²) in [6.07, 6.45) is 2.46. The Morgan fingerprint density at radius 2 is 1.86 bits per heavy atom. The van der Waals surface area contributed by atoms with Crippen LogP contribution in [0.1, 0.15) is 47.9 Å². The number of nitrogens with two attached hydrogens (primary N) is 1. The summed E-state index contributed by atoms with van der Waals surface area (Å²) in [7, 11) is 1.58. The highest BCUT2D eigenvalue weighted by Gasteiger charge is 2.32. The Morgan fingerprint density at radius 3 is 2.49 bits per heavy atom. The molecule has 35 heavy (non-hydrogen) atoms. The van der Waals surface area contributed by atoms with Gasteiger partial charge in [-0.25, -0.2) is 0 Å². The van der Waals surface area contributed by atoms with Crippen LogP contribution in [0.3, 0.4) is 0 Å². The van der Waals surface area contributed by atoms with E-state index in [4.69, 9.17) is 5.73 Å². The molecule has 178 valence electrons. The van der Waals surface area contributed by atoms with Gasteiger partial charge in [0.15, 0.2) is 0 Å². The zero-order valence-electron chi connectivity index (χ0n) is 20.1. The highest BCUT2D eigenvalue weighted by Crippen LogP contribution is 2.41. The maximum atomic E-state index is 12.5. The van der Waals surface area contributed by atoms with Gasteiger partial charge in [0.25, 0.3) is 5.91 Å². The Bertz CT molecular complexity index is 1290. The normalized spacial score (nSPS) is 16.5. The smallest absolute Gasteiger partial charge is 0.269 e. The van der Waals surface area contributed by atoms with Crippen molar-refractivity contribution >= 4 is 23.2 Å². The van der Waals surface area contributed by atoms with Crippen molar-refractivity contribution in [2.24, 2.45) is 5.73 Å². The number of amides is 2. The third-order valence-corrected chi connectivity index (χ3v) is 6.14. The summed E-state index contributed by atoms with van der Waals surface area (Å²) >= 11 is 0. The maximum Gasteiger partial charge on any atom is 0.269 e. The molecule has 0 saturated carbocycles. The van der Waals surface area contributed by atoms with Gasteiger partial charge in [-0.1, -0.05) is 24.0 Å². The largest absolute Gasteiger partial charge is 0.378 e. The summed E-state index contributed by atoms with van der Waals surface area (Å²) in [6, 6.07) is 17.7. The van der Waals surface area contributed by atoms with E-state index in [1.54, 1.807) is 26.2 Å². The van der Waals surface area contributed by atoms with Crippen LogP contribution >= 0.6 is 0 Å². The lowest BCUT2D eigenvalue weighted by Crippen LogP contribution is -2.43. The SMILES string of the molecule is CNC(=O)c1ccc(-c2ccc3c(c2)C(Nc2ccc(C#CCN)cc2)CC(C)N3C(C)=O)cn1. The molecule has 4 N–H and O–H groups in total. The number of nitrogens with zero attached hydrogens (tertiary/aromatic N) is 2. The number of anilines is 2. The van der Waals surface area contributed by atoms with Crippen LogP contribution in [0.25, 0.3) is 11.1 Å². The lowest BCUT2D eigenvalue weighted by atomic mass is 9.89. The van der Waals surface area contributed by atoms with Crippen molar-refractivity contribution in [3.8, 4) is 23.0 Å². The van der Waals surface area contributed by atoms with E-state index in [0.29, 0.717) is 12.2 Å². The second-order valence-corrected chi connectivity index (χ2v) is 8.54. The fourth-order valence-corrected chi connectivity index (χ4v) is 4.49. The molecule has 7 heteroatoms. The summed E-state index contributed by atoms with van der Waals surface area (Å²) < 4.78 is 0. The zero-order chi connectivity index (χ0) is 24.9. The van der Waals surface area contributed by atoms with E-state index >= 15 is 0 Å². The Kier molecular flexibility index (Phi) is 7.14. The first-order valence-corrected chi connectivity index (χ1v) is 11.6. The first-order chi connectivity index (χ1) is 16.9. The van der Waals surface area contributed by atoms with Gasteiger partial charge in [0.05, 0.1) is 12.6 Å². The number of hydrogen-bond donors (Lipinski definition) is 3. The predicted octanol–water partition coefficient (Wildman–Crippen LogP) is 3.72. The molecule has 2 amide bonds. The van der Waals surface area contributed by atoms with E-state index in [9.17, 15) is 9.59 Å². The van der Waals surface area contributed by atoms with Gasteiger partial charge in [-0.2, -0.15) is 0 Å². The Labute approximate surface area is 205 Å². The number of nitrogens with one attached hydrogen (secondary N) is 2. The monoisotopic (exact) mass is 467 g/mol. The van der Waals surface area contributed by atoms with Gasteiger partial charge in [0, 0.05) is 48.7 Å². The first kappa shape index (κ1) is 24.0. The average molecular weight is 468 g/mol. The molecule has 4 rings (SSSR count). The fourth-order valence-electron chi connectivity index (χ4n) is 4.49. The van der Waals surface area contributed by atoms with Gasteiger partial charge in [0.1, 0.15) is 5.69 Å². The Balaban J connectivity index is 1.69. The number of fused-ring (bicyclic) bond motifs is 1. The summed E-state index contributed by atoms with van der Waals surface area (Å²) in [5, 5.41) is 6.22. The van der Waals surface area contributed by atoms with Gasteiger partial charge < -0.3 is 21.3 Å². The second-order valence-electron chi connectivity index (χ2n) is 8.54. The minimum absolute atomic E-state index is 0.00891. The molecule has 2 atom stereocenters. The lowest BCUT2D eigenvalue weighted by molar-refractivity contribution is -0.117. The van der Waals surface area contributed by atoms with Crippen LogP contribution in [0.5, 0.6) is 0 Å². The molecule has 0 spiro atoms. The molecule has 2 aromatic carbocycles. The van der Waals surface area contributed by atoms with Crippen molar-refractivity contribution < 1.29 is 9.59 Å². The van der Waals surface area contributed by atoms with Crippen molar-refractivity contribution in [1.82, 2.24) is 10.3 Å². The third kappa shape index (κ3) is 5.18. The van der Waals surface area contributed by atoms with E-state index in [1.165, 1.54) is 0 Å². The molecule has 3 aromatic rings. The number of benzene rings is 2. The first-order valence-electron chi connectivity index (χ1n) is 11.6. The van der Waals surface area contributed by atoms with Crippen LogP contribution in [-0.4, -0.2) is 36.4 Å². The summed E-state index contributed by atoms with van der Waals surface area (Å²) in [4.78, 5) is 30.5. The van der Waals surface area contributed by atoms with Crippen LogP contribution in [0.15, 0.2) is 60.8 Å². The molecule has 0 saturated heterocycles. The molecule has 1 aromatic heterocycles. The van der Waals surface area contributed by atoms with Crippen LogP contribution in [0, 0.1) is 11.8 Å². The number of carbonyl (C=O) groups excluding carboxylic acids is 2. The molecule has 7 nitrogen and oxygen atoms in total. The summed E-state index contributed by atoms with van der Waals surface area (Å²) in [5.41, 5.74) is 11.5. The van der Waals surface area contributed by atoms with Crippen LogP contribution < -0.4 is 21.3 Å². The number of pyridine rings is 1. The topological polar surface area (TPSA) is 100 Å². The highest BCUT2D eigenvalue weighted by molar-refractivity contribution is 5.94. The molecule has 0 fully saturated rings.